The molecule has 3 heteroatoms. The predicted molar refractivity (Wildman–Crippen MR) is 73.9 cm³/mol. The Labute approximate surface area is 112 Å². The highest BCUT2D eigenvalue weighted by Crippen LogP contribution is 2.32. The van der Waals surface area contributed by atoms with E-state index in [1.165, 1.54) is 13.2 Å². The number of ether oxygens (including phenoxy) is 1. The second kappa shape index (κ2) is 5.57. The number of aromatic hydroxyl groups is 1. The quantitative estimate of drug-likeness (QED) is 0.855. The van der Waals surface area contributed by atoms with Crippen LogP contribution < -0.4 is 4.74 Å². The fraction of sp³-hybridized carbons (Fsp3) is 0.188. The minimum Gasteiger partial charge on any atom is -0.504 e. The van der Waals surface area contributed by atoms with Crippen LogP contribution in [0.25, 0.3) is 0 Å². The zero-order chi connectivity index (χ0) is 13.8. The van der Waals surface area contributed by atoms with E-state index in [2.05, 4.69) is 0 Å². The monoisotopic (exact) mass is 256 g/mol. The van der Waals surface area contributed by atoms with Gasteiger partial charge < -0.3 is 9.84 Å². The summed E-state index contributed by atoms with van der Waals surface area (Å²) in [5.74, 6) is 0.428. The van der Waals surface area contributed by atoms with E-state index in [1.54, 1.807) is 13.0 Å². The molecule has 0 bridgehead atoms. The van der Waals surface area contributed by atoms with Gasteiger partial charge in [-0.3, -0.25) is 4.79 Å². The summed E-state index contributed by atoms with van der Waals surface area (Å²) in [6.45, 7) is 1.77. The second-order valence-electron chi connectivity index (χ2n) is 4.38. The lowest BCUT2D eigenvalue weighted by atomic mass is 9.98. The van der Waals surface area contributed by atoms with Crippen LogP contribution in [0.3, 0.4) is 0 Å². The molecule has 2 rings (SSSR count). The van der Waals surface area contributed by atoms with E-state index in [0.717, 1.165) is 5.56 Å². The molecule has 2 aromatic rings. The summed E-state index contributed by atoms with van der Waals surface area (Å²) in [6, 6.07) is 12.7. The van der Waals surface area contributed by atoms with Crippen LogP contribution in [0, 0.1) is 6.92 Å². The van der Waals surface area contributed by atoms with Crippen molar-refractivity contribution in [2.45, 2.75) is 13.3 Å². The third kappa shape index (κ3) is 2.76. The summed E-state index contributed by atoms with van der Waals surface area (Å²) < 4.78 is 5.11. The molecule has 0 saturated carbocycles. The first-order valence-electron chi connectivity index (χ1n) is 6.07. The van der Waals surface area contributed by atoms with Crippen LogP contribution in [0.15, 0.2) is 42.5 Å². The van der Waals surface area contributed by atoms with Crippen LogP contribution in [0.4, 0.5) is 0 Å². The van der Waals surface area contributed by atoms with E-state index in [0.29, 0.717) is 23.3 Å². The zero-order valence-corrected chi connectivity index (χ0v) is 11.0. The molecule has 0 saturated heterocycles. The van der Waals surface area contributed by atoms with Crippen molar-refractivity contribution in [1.82, 2.24) is 0 Å². The maximum atomic E-state index is 12.3. The lowest BCUT2D eigenvalue weighted by Crippen LogP contribution is -2.06. The number of Topliss-reactive ketones (excluding diaryl/α,β-unsaturated/α-hetero) is 1. The van der Waals surface area contributed by atoms with Gasteiger partial charge in [0.15, 0.2) is 17.3 Å². The molecule has 0 fully saturated rings. The molecule has 0 heterocycles. The van der Waals surface area contributed by atoms with Gasteiger partial charge in [-0.2, -0.15) is 0 Å². The highest BCUT2D eigenvalue weighted by Gasteiger charge is 2.15. The van der Waals surface area contributed by atoms with Crippen LogP contribution in [0.2, 0.25) is 0 Å². The van der Waals surface area contributed by atoms with Gasteiger partial charge in [-0.1, -0.05) is 30.3 Å². The van der Waals surface area contributed by atoms with Gasteiger partial charge in [-0.05, 0) is 24.6 Å². The number of methoxy groups -OCH3 is 1. The zero-order valence-electron chi connectivity index (χ0n) is 11.0. The number of benzene rings is 2. The lowest BCUT2D eigenvalue weighted by molar-refractivity contribution is 0.0992. The molecule has 0 unspecified atom stereocenters. The standard InChI is InChI=1S/C16H16O3/c1-11-13(8-9-14(17)16(11)19-2)15(18)10-12-6-4-3-5-7-12/h3-9,17H,10H2,1-2H3. The molecule has 0 atom stereocenters. The average Bonchev–Trinajstić information content (AvgIpc) is 2.40. The Morgan fingerprint density at radius 2 is 1.84 bits per heavy atom. The molecule has 0 aromatic heterocycles. The Morgan fingerprint density at radius 1 is 1.16 bits per heavy atom. The Morgan fingerprint density at radius 3 is 2.47 bits per heavy atom. The molecule has 0 aliphatic rings. The van der Waals surface area contributed by atoms with Gasteiger partial charge in [0.25, 0.3) is 0 Å². The molecule has 0 amide bonds. The number of hydrogen-bond donors (Lipinski definition) is 1. The fourth-order valence-corrected chi connectivity index (χ4v) is 2.11. The van der Waals surface area contributed by atoms with Crippen LogP contribution in [-0.4, -0.2) is 18.0 Å². The van der Waals surface area contributed by atoms with Gasteiger partial charge in [0.05, 0.1) is 7.11 Å². The van der Waals surface area contributed by atoms with Crippen molar-refractivity contribution in [3.8, 4) is 11.5 Å². The van der Waals surface area contributed by atoms with Crippen molar-refractivity contribution in [2.75, 3.05) is 7.11 Å². The number of carbonyl (C=O) groups excluding carboxylic acids is 1. The van der Waals surface area contributed by atoms with Crippen LogP contribution in [-0.2, 0) is 6.42 Å². The molecular formula is C16H16O3. The first-order chi connectivity index (χ1) is 9.13. The van der Waals surface area contributed by atoms with Crippen molar-refractivity contribution in [2.24, 2.45) is 0 Å². The number of rotatable bonds is 4. The van der Waals surface area contributed by atoms with Crippen LogP contribution in [0.1, 0.15) is 21.5 Å². The molecule has 0 spiro atoms. The van der Waals surface area contributed by atoms with E-state index >= 15 is 0 Å². The minimum atomic E-state index is 0.0157. The minimum absolute atomic E-state index is 0.0157. The maximum Gasteiger partial charge on any atom is 0.167 e. The lowest BCUT2D eigenvalue weighted by Gasteiger charge is -2.11. The molecule has 0 radical (unpaired) electrons. The number of carbonyl (C=O) groups is 1. The largest absolute Gasteiger partial charge is 0.504 e. The topological polar surface area (TPSA) is 46.5 Å². The molecule has 3 nitrogen and oxygen atoms in total. The van der Waals surface area contributed by atoms with Crippen molar-refractivity contribution in [3.63, 3.8) is 0 Å². The van der Waals surface area contributed by atoms with Crippen molar-refractivity contribution in [1.29, 1.82) is 0 Å². The SMILES string of the molecule is COc1c(O)ccc(C(=O)Cc2ccccc2)c1C. The molecule has 2 aromatic carbocycles. The molecule has 98 valence electrons. The van der Waals surface area contributed by atoms with Crippen LogP contribution in [0.5, 0.6) is 11.5 Å². The van der Waals surface area contributed by atoms with E-state index in [-0.39, 0.29) is 11.5 Å². The Hall–Kier alpha value is -2.29. The van der Waals surface area contributed by atoms with E-state index in [1.807, 2.05) is 30.3 Å². The molecule has 19 heavy (non-hydrogen) atoms. The molecular weight excluding hydrogens is 240 g/mol. The first-order valence-corrected chi connectivity index (χ1v) is 6.07. The van der Waals surface area contributed by atoms with E-state index in [9.17, 15) is 9.90 Å². The maximum absolute atomic E-state index is 12.3. The van der Waals surface area contributed by atoms with Crippen molar-refractivity contribution in [3.05, 3.63) is 59.2 Å². The predicted octanol–water partition coefficient (Wildman–Crippen LogP) is 3.13. The molecule has 1 N–H and O–H groups in total. The summed E-state index contributed by atoms with van der Waals surface area (Å²) in [6.07, 6.45) is 0.343. The van der Waals surface area contributed by atoms with Crippen LogP contribution >= 0.6 is 0 Å². The van der Waals surface area contributed by atoms with Crippen molar-refractivity contribution >= 4 is 5.78 Å². The first kappa shape index (κ1) is 13.1. The van der Waals surface area contributed by atoms with E-state index in [4.69, 9.17) is 4.74 Å². The second-order valence-corrected chi connectivity index (χ2v) is 4.38. The van der Waals surface area contributed by atoms with Gasteiger partial charge >= 0.3 is 0 Å². The summed E-state index contributed by atoms with van der Waals surface area (Å²) in [5, 5.41) is 9.65. The summed E-state index contributed by atoms with van der Waals surface area (Å²) >= 11 is 0. The van der Waals surface area contributed by atoms with Gasteiger partial charge in [0.2, 0.25) is 0 Å². The van der Waals surface area contributed by atoms with Gasteiger partial charge in [0, 0.05) is 17.5 Å². The van der Waals surface area contributed by atoms with Gasteiger partial charge in [-0.15, -0.1) is 0 Å². The third-order valence-corrected chi connectivity index (χ3v) is 3.10. The Balaban J connectivity index is 2.30. The highest BCUT2D eigenvalue weighted by atomic mass is 16.5. The Bertz CT molecular complexity index is 588. The normalized spacial score (nSPS) is 10.2. The summed E-state index contributed by atoms with van der Waals surface area (Å²) in [4.78, 5) is 12.3. The number of hydrogen-bond acceptors (Lipinski definition) is 3. The molecule has 0 aliphatic heterocycles. The third-order valence-electron chi connectivity index (χ3n) is 3.10. The average molecular weight is 256 g/mol. The fourth-order valence-electron chi connectivity index (χ4n) is 2.11. The number of phenolic OH excluding ortho intramolecular Hbond substituents is 1. The Kier molecular flexibility index (Phi) is 3.85. The number of phenols is 1. The van der Waals surface area contributed by atoms with Gasteiger partial charge in [0.1, 0.15) is 0 Å². The molecule has 0 aliphatic carbocycles. The smallest absolute Gasteiger partial charge is 0.167 e. The highest BCUT2D eigenvalue weighted by molar-refractivity contribution is 5.99. The van der Waals surface area contributed by atoms with Gasteiger partial charge in [-0.25, -0.2) is 0 Å². The van der Waals surface area contributed by atoms with Crippen molar-refractivity contribution < 1.29 is 14.6 Å². The summed E-state index contributed by atoms with van der Waals surface area (Å²) in [7, 11) is 1.48. The number of ketones is 1. The van der Waals surface area contributed by atoms with E-state index < -0.39 is 0 Å². The summed E-state index contributed by atoms with van der Waals surface area (Å²) in [5.41, 5.74) is 2.22.